The third-order valence-corrected chi connectivity index (χ3v) is 5.35. The third kappa shape index (κ3) is 2.86. The lowest BCUT2D eigenvalue weighted by Crippen LogP contribution is -2.28. The molecule has 7 nitrogen and oxygen atoms in total. The van der Waals surface area contributed by atoms with Gasteiger partial charge in [-0.05, 0) is 44.2 Å². The molecule has 1 amide bonds. The summed E-state index contributed by atoms with van der Waals surface area (Å²) in [5.41, 5.74) is 3.93. The molecular weight excluding hydrogens is 370 g/mol. The van der Waals surface area contributed by atoms with Gasteiger partial charge in [-0.3, -0.25) is 9.59 Å². The zero-order chi connectivity index (χ0) is 20.1. The molecule has 3 heterocycles. The van der Waals surface area contributed by atoms with E-state index < -0.39 is 5.92 Å². The summed E-state index contributed by atoms with van der Waals surface area (Å²) < 4.78 is 12.4. The number of rotatable bonds is 3. The second-order valence-corrected chi connectivity index (χ2v) is 7.33. The number of aromatic nitrogens is 2. The minimum Gasteiger partial charge on any atom is -0.454 e. The quantitative estimate of drug-likeness (QED) is 0.693. The lowest BCUT2D eigenvalue weighted by atomic mass is 9.85. The van der Waals surface area contributed by atoms with Gasteiger partial charge in [-0.2, -0.15) is 5.10 Å². The predicted octanol–water partition coefficient (Wildman–Crippen LogP) is 3.53. The lowest BCUT2D eigenvalue weighted by Gasteiger charge is -2.23. The number of carbonyl (C=O) groups excluding carboxylic acids is 2. The van der Waals surface area contributed by atoms with Crippen molar-refractivity contribution in [1.29, 1.82) is 0 Å². The van der Waals surface area contributed by atoms with E-state index in [4.69, 9.17) is 9.47 Å². The first-order valence-electron chi connectivity index (χ1n) is 9.41. The third-order valence-electron chi connectivity index (χ3n) is 5.35. The number of hydrogen-bond donors (Lipinski definition) is 1. The van der Waals surface area contributed by atoms with Crippen molar-refractivity contribution in [2.45, 2.75) is 26.2 Å². The highest BCUT2D eigenvalue weighted by Crippen LogP contribution is 2.40. The van der Waals surface area contributed by atoms with Crippen molar-refractivity contribution >= 4 is 17.5 Å². The SMILES string of the molecule is Cc1ccc(-n2nc(C)c3c2NC(=O)C[C@@H]3C(=O)c2ccc3c(c2)OCO3)cc1. The molecule has 3 aromatic rings. The monoisotopic (exact) mass is 389 g/mol. The van der Waals surface area contributed by atoms with Crippen molar-refractivity contribution in [3.05, 3.63) is 64.8 Å². The molecule has 0 aliphatic carbocycles. The Morgan fingerprint density at radius 1 is 1.10 bits per heavy atom. The molecule has 5 rings (SSSR count). The zero-order valence-electron chi connectivity index (χ0n) is 16.1. The van der Waals surface area contributed by atoms with Crippen LogP contribution < -0.4 is 14.8 Å². The molecule has 0 fully saturated rings. The van der Waals surface area contributed by atoms with Gasteiger partial charge in [0.2, 0.25) is 12.7 Å². The van der Waals surface area contributed by atoms with E-state index in [0.29, 0.717) is 22.9 Å². The van der Waals surface area contributed by atoms with Gasteiger partial charge in [0.1, 0.15) is 5.82 Å². The number of Topliss-reactive ketones (excluding diaryl/α,β-unsaturated/α-hetero) is 1. The highest BCUT2D eigenvalue weighted by atomic mass is 16.7. The fourth-order valence-electron chi connectivity index (χ4n) is 3.89. The number of carbonyl (C=O) groups is 2. The fraction of sp³-hybridized carbons (Fsp3) is 0.227. The van der Waals surface area contributed by atoms with Gasteiger partial charge in [-0.15, -0.1) is 0 Å². The van der Waals surface area contributed by atoms with Gasteiger partial charge in [-0.1, -0.05) is 17.7 Å². The maximum absolute atomic E-state index is 13.3. The average molecular weight is 389 g/mol. The smallest absolute Gasteiger partial charge is 0.231 e. The molecule has 7 heteroatoms. The summed E-state index contributed by atoms with van der Waals surface area (Å²) in [6, 6.07) is 13.0. The van der Waals surface area contributed by atoms with Gasteiger partial charge in [0.25, 0.3) is 0 Å². The Morgan fingerprint density at radius 2 is 1.86 bits per heavy atom. The molecule has 0 saturated carbocycles. The molecule has 29 heavy (non-hydrogen) atoms. The minimum absolute atomic E-state index is 0.0840. The highest BCUT2D eigenvalue weighted by Gasteiger charge is 2.36. The molecule has 1 atom stereocenters. The standard InChI is InChI=1S/C22H19N3O4/c1-12-3-6-15(7-4-12)25-22-20(13(2)24-25)16(10-19(26)23-22)21(27)14-5-8-17-18(9-14)29-11-28-17/h3-9,16H,10-11H2,1-2H3,(H,23,26)/t16-/m0/s1. The molecule has 0 bridgehead atoms. The molecule has 0 spiro atoms. The van der Waals surface area contributed by atoms with Crippen LogP contribution in [0.15, 0.2) is 42.5 Å². The van der Waals surface area contributed by atoms with E-state index in [0.717, 1.165) is 22.5 Å². The van der Waals surface area contributed by atoms with E-state index in [1.807, 2.05) is 38.1 Å². The number of hydrogen-bond acceptors (Lipinski definition) is 5. The summed E-state index contributed by atoms with van der Waals surface area (Å²) in [5, 5.41) is 7.52. The lowest BCUT2D eigenvalue weighted by molar-refractivity contribution is -0.116. The second kappa shape index (κ2) is 6.48. The van der Waals surface area contributed by atoms with Gasteiger partial charge in [0.05, 0.1) is 17.3 Å². The Morgan fingerprint density at radius 3 is 2.66 bits per heavy atom. The fourth-order valence-corrected chi connectivity index (χ4v) is 3.89. The van der Waals surface area contributed by atoms with Crippen LogP contribution >= 0.6 is 0 Å². The number of ketones is 1. The van der Waals surface area contributed by atoms with Gasteiger partial charge >= 0.3 is 0 Å². The summed E-state index contributed by atoms with van der Waals surface area (Å²) >= 11 is 0. The van der Waals surface area contributed by atoms with E-state index in [9.17, 15) is 9.59 Å². The second-order valence-electron chi connectivity index (χ2n) is 7.33. The average Bonchev–Trinajstić information content (AvgIpc) is 3.31. The first-order chi connectivity index (χ1) is 14.0. The Kier molecular flexibility index (Phi) is 3.91. The number of fused-ring (bicyclic) bond motifs is 2. The molecular formula is C22H19N3O4. The zero-order valence-corrected chi connectivity index (χ0v) is 16.1. The predicted molar refractivity (Wildman–Crippen MR) is 106 cm³/mol. The Labute approximate surface area is 167 Å². The largest absolute Gasteiger partial charge is 0.454 e. The van der Waals surface area contributed by atoms with E-state index in [1.54, 1.807) is 22.9 Å². The van der Waals surface area contributed by atoms with Gasteiger partial charge < -0.3 is 14.8 Å². The normalized spacial score (nSPS) is 17.0. The number of anilines is 1. The molecule has 0 radical (unpaired) electrons. The van der Waals surface area contributed by atoms with Crippen LogP contribution in [0.5, 0.6) is 11.5 Å². The molecule has 0 unspecified atom stereocenters. The molecule has 2 aliphatic rings. The Bertz CT molecular complexity index is 1150. The van der Waals surface area contributed by atoms with Crippen molar-refractivity contribution < 1.29 is 19.1 Å². The number of benzene rings is 2. The summed E-state index contributed by atoms with van der Waals surface area (Å²) in [6.45, 7) is 4.02. The number of aryl methyl sites for hydroxylation is 2. The number of amides is 1. The van der Waals surface area contributed by atoms with Crippen LogP contribution in [0.4, 0.5) is 5.82 Å². The first-order valence-corrected chi connectivity index (χ1v) is 9.41. The van der Waals surface area contributed by atoms with Crippen LogP contribution in [0.1, 0.15) is 39.5 Å². The van der Waals surface area contributed by atoms with Crippen molar-refractivity contribution in [1.82, 2.24) is 9.78 Å². The summed E-state index contributed by atoms with van der Waals surface area (Å²) in [7, 11) is 0. The number of nitrogens with one attached hydrogen (secondary N) is 1. The summed E-state index contributed by atoms with van der Waals surface area (Å²) in [6.07, 6.45) is 0.0840. The molecule has 2 aliphatic heterocycles. The van der Waals surface area contributed by atoms with E-state index in [1.165, 1.54) is 0 Å². The van der Waals surface area contributed by atoms with Crippen LogP contribution in [0, 0.1) is 13.8 Å². The molecule has 1 N–H and O–H groups in total. The van der Waals surface area contributed by atoms with Crippen molar-refractivity contribution in [2.24, 2.45) is 0 Å². The van der Waals surface area contributed by atoms with Gasteiger partial charge in [-0.25, -0.2) is 4.68 Å². The van der Waals surface area contributed by atoms with Crippen molar-refractivity contribution in [3.8, 4) is 17.2 Å². The van der Waals surface area contributed by atoms with Gasteiger partial charge in [0.15, 0.2) is 17.3 Å². The van der Waals surface area contributed by atoms with Crippen molar-refractivity contribution in [3.63, 3.8) is 0 Å². The van der Waals surface area contributed by atoms with Crippen LogP contribution in [-0.2, 0) is 4.79 Å². The van der Waals surface area contributed by atoms with Crippen LogP contribution in [0.3, 0.4) is 0 Å². The Hall–Kier alpha value is -3.61. The number of ether oxygens (including phenoxy) is 2. The molecule has 146 valence electrons. The van der Waals surface area contributed by atoms with E-state index in [-0.39, 0.29) is 24.9 Å². The van der Waals surface area contributed by atoms with Crippen molar-refractivity contribution in [2.75, 3.05) is 12.1 Å². The summed E-state index contributed by atoms with van der Waals surface area (Å²) in [5.74, 6) is 0.784. The van der Waals surface area contributed by atoms with Gasteiger partial charge in [0, 0.05) is 17.5 Å². The van der Waals surface area contributed by atoms with Crippen LogP contribution in [0.2, 0.25) is 0 Å². The molecule has 0 saturated heterocycles. The topological polar surface area (TPSA) is 82.5 Å². The number of nitrogens with zero attached hydrogens (tertiary/aromatic N) is 2. The van der Waals surface area contributed by atoms with E-state index in [2.05, 4.69) is 10.4 Å². The molecule has 2 aromatic carbocycles. The molecule has 1 aromatic heterocycles. The minimum atomic E-state index is -0.599. The maximum Gasteiger partial charge on any atom is 0.231 e. The van der Waals surface area contributed by atoms with Crippen LogP contribution in [0.25, 0.3) is 5.69 Å². The van der Waals surface area contributed by atoms with Crippen LogP contribution in [-0.4, -0.2) is 28.3 Å². The maximum atomic E-state index is 13.3. The Balaban J connectivity index is 1.58. The van der Waals surface area contributed by atoms with E-state index >= 15 is 0 Å². The first kappa shape index (κ1) is 17.5. The highest BCUT2D eigenvalue weighted by molar-refractivity contribution is 6.08. The summed E-state index contributed by atoms with van der Waals surface area (Å²) in [4.78, 5) is 25.8.